The average Bonchev–Trinajstić information content (AvgIpc) is 2.17. The Morgan fingerprint density at radius 1 is 1.33 bits per heavy atom. The van der Waals surface area contributed by atoms with Gasteiger partial charge in [0, 0.05) is 23.2 Å². The normalized spacial score (nSPS) is 21.6. The molecule has 0 aliphatic carbocycles. The molecule has 4 heteroatoms. The molecule has 1 atom stereocenters. The highest BCUT2D eigenvalue weighted by Gasteiger charge is 2.15. The summed E-state index contributed by atoms with van der Waals surface area (Å²) in [5, 5.41) is 4.98. The van der Waals surface area contributed by atoms with Gasteiger partial charge < -0.3 is 5.32 Å². The number of rotatable bonds is 2. The maximum absolute atomic E-state index is 4.45. The highest BCUT2D eigenvalue weighted by molar-refractivity contribution is 7.99. The Balaban J connectivity index is 2.02. The van der Waals surface area contributed by atoms with Crippen LogP contribution in [0.3, 0.4) is 0 Å². The fourth-order valence-electron chi connectivity index (χ4n) is 1.82. The Morgan fingerprint density at radius 3 is 2.67 bits per heavy atom. The van der Waals surface area contributed by atoms with Crippen LogP contribution in [-0.2, 0) is 0 Å². The standard InChI is InChI=1S/C11H17N3S/c1-8-6-9(2)14-11(13-8)15-10-4-3-5-12-7-10/h6,10,12H,3-5,7H2,1-2H3/t10-/m0/s1. The van der Waals surface area contributed by atoms with Crippen molar-refractivity contribution < 1.29 is 0 Å². The van der Waals surface area contributed by atoms with Gasteiger partial charge in [-0.3, -0.25) is 0 Å². The summed E-state index contributed by atoms with van der Waals surface area (Å²) < 4.78 is 0. The highest BCUT2D eigenvalue weighted by atomic mass is 32.2. The van der Waals surface area contributed by atoms with E-state index in [0.717, 1.165) is 29.6 Å². The summed E-state index contributed by atoms with van der Waals surface area (Å²) in [6.45, 7) is 6.29. The summed E-state index contributed by atoms with van der Waals surface area (Å²) in [5.74, 6) is 0. The summed E-state index contributed by atoms with van der Waals surface area (Å²) >= 11 is 1.81. The fraction of sp³-hybridized carbons (Fsp3) is 0.636. The van der Waals surface area contributed by atoms with E-state index in [1.807, 2.05) is 31.7 Å². The van der Waals surface area contributed by atoms with Crippen LogP contribution in [0.5, 0.6) is 0 Å². The van der Waals surface area contributed by atoms with Crippen LogP contribution in [0.15, 0.2) is 11.2 Å². The van der Waals surface area contributed by atoms with E-state index in [9.17, 15) is 0 Å². The lowest BCUT2D eigenvalue weighted by Crippen LogP contribution is -2.31. The van der Waals surface area contributed by atoms with Gasteiger partial charge in [-0.1, -0.05) is 11.8 Å². The zero-order chi connectivity index (χ0) is 10.7. The number of aryl methyl sites for hydroxylation is 2. The molecule has 0 bridgehead atoms. The lowest BCUT2D eigenvalue weighted by atomic mass is 10.2. The molecular formula is C11H17N3S. The van der Waals surface area contributed by atoms with E-state index in [1.165, 1.54) is 12.8 Å². The van der Waals surface area contributed by atoms with Crippen LogP contribution in [0.4, 0.5) is 0 Å². The predicted octanol–water partition coefficient (Wildman–Crippen LogP) is 1.94. The predicted molar refractivity (Wildman–Crippen MR) is 63.3 cm³/mol. The van der Waals surface area contributed by atoms with Crippen LogP contribution in [-0.4, -0.2) is 28.3 Å². The molecule has 1 saturated heterocycles. The number of hydrogen-bond acceptors (Lipinski definition) is 4. The Bertz CT molecular complexity index is 314. The van der Waals surface area contributed by atoms with Gasteiger partial charge in [-0.2, -0.15) is 0 Å². The van der Waals surface area contributed by atoms with Crippen molar-refractivity contribution in [3.8, 4) is 0 Å². The van der Waals surface area contributed by atoms with Crippen LogP contribution >= 0.6 is 11.8 Å². The molecule has 1 aromatic heterocycles. The molecule has 1 N–H and O–H groups in total. The largest absolute Gasteiger partial charge is 0.316 e. The van der Waals surface area contributed by atoms with Gasteiger partial charge in [-0.05, 0) is 39.3 Å². The molecule has 0 amide bonds. The van der Waals surface area contributed by atoms with Crippen LogP contribution in [0, 0.1) is 13.8 Å². The Morgan fingerprint density at radius 2 is 2.07 bits per heavy atom. The van der Waals surface area contributed by atoms with Crippen molar-refractivity contribution in [1.82, 2.24) is 15.3 Å². The molecule has 2 heterocycles. The second-order valence-electron chi connectivity index (χ2n) is 4.02. The summed E-state index contributed by atoms with van der Waals surface area (Å²) in [5.41, 5.74) is 2.13. The van der Waals surface area contributed by atoms with Crippen molar-refractivity contribution in [3.63, 3.8) is 0 Å². The summed E-state index contributed by atoms with van der Waals surface area (Å²) in [6.07, 6.45) is 2.54. The molecule has 0 saturated carbocycles. The van der Waals surface area contributed by atoms with Gasteiger partial charge in [0.2, 0.25) is 0 Å². The Kier molecular flexibility index (Phi) is 3.59. The monoisotopic (exact) mass is 223 g/mol. The molecule has 15 heavy (non-hydrogen) atoms. The van der Waals surface area contributed by atoms with Gasteiger partial charge in [-0.25, -0.2) is 9.97 Å². The minimum atomic E-state index is 0.639. The SMILES string of the molecule is Cc1cc(C)nc(S[C@H]2CCCNC2)n1. The van der Waals surface area contributed by atoms with E-state index in [0.29, 0.717) is 5.25 Å². The fourth-order valence-corrected chi connectivity index (χ4v) is 2.99. The smallest absolute Gasteiger partial charge is 0.188 e. The van der Waals surface area contributed by atoms with Crippen molar-refractivity contribution in [2.45, 2.75) is 37.1 Å². The van der Waals surface area contributed by atoms with E-state index >= 15 is 0 Å². The van der Waals surface area contributed by atoms with Crippen molar-refractivity contribution in [1.29, 1.82) is 0 Å². The van der Waals surface area contributed by atoms with Gasteiger partial charge in [0.25, 0.3) is 0 Å². The maximum atomic E-state index is 4.45. The summed E-state index contributed by atoms with van der Waals surface area (Å²) in [6, 6.07) is 2.02. The van der Waals surface area contributed by atoms with Gasteiger partial charge in [0.1, 0.15) is 0 Å². The van der Waals surface area contributed by atoms with E-state index < -0.39 is 0 Å². The minimum Gasteiger partial charge on any atom is -0.316 e. The lowest BCUT2D eigenvalue weighted by molar-refractivity contribution is 0.530. The molecule has 1 aliphatic heterocycles. The zero-order valence-corrected chi connectivity index (χ0v) is 10.1. The first kappa shape index (κ1) is 10.9. The highest BCUT2D eigenvalue weighted by Crippen LogP contribution is 2.24. The maximum Gasteiger partial charge on any atom is 0.188 e. The van der Waals surface area contributed by atoms with Crippen LogP contribution in [0.25, 0.3) is 0 Å². The molecule has 3 nitrogen and oxygen atoms in total. The van der Waals surface area contributed by atoms with Gasteiger partial charge in [0.15, 0.2) is 5.16 Å². The molecule has 0 radical (unpaired) electrons. The van der Waals surface area contributed by atoms with Gasteiger partial charge in [0.05, 0.1) is 0 Å². The lowest BCUT2D eigenvalue weighted by Gasteiger charge is -2.21. The third-order valence-electron chi connectivity index (χ3n) is 2.49. The first-order valence-corrected chi connectivity index (χ1v) is 6.31. The second kappa shape index (κ2) is 4.94. The second-order valence-corrected chi connectivity index (χ2v) is 5.29. The molecule has 0 aromatic carbocycles. The summed E-state index contributed by atoms with van der Waals surface area (Å²) in [7, 11) is 0. The summed E-state index contributed by atoms with van der Waals surface area (Å²) in [4.78, 5) is 8.90. The Hall–Kier alpha value is -0.610. The number of aromatic nitrogens is 2. The van der Waals surface area contributed by atoms with Crippen molar-refractivity contribution in [2.24, 2.45) is 0 Å². The molecule has 0 spiro atoms. The van der Waals surface area contributed by atoms with Crippen molar-refractivity contribution >= 4 is 11.8 Å². The minimum absolute atomic E-state index is 0.639. The topological polar surface area (TPSA) is 37.8 Å². The van der Waals surface area contributed by atoms with E-state index in [4.69, 9.17) is 0 Å². The number of nitrogens with zero attached hydrogens (tertiary/aromatic N) is 2. The van der Waals surface area contributed by atoms with Crippen molar-refractivity contribution in [3.05, 3.63) is 17.5 Å². The third-order valence-corrected chi connectivity index (χ3v) is 3.61. The van der Waals surface area contributed by atoms with E-state index in [1.54, 1.807) is 0 Å². The van der Waals surface area contributed by atoms with Gasteiger partial charge >= 0.3 is 0 Å². The number of thioether (sulfide) groups is 1. The van der Waals surface area contributed by atoms with E-state index in [2.05, 4.69) is 15.3 Å². The average molecular weight is 223 g/mol. The zero-order valence-electron chi connectivity index (χ0n) is 9.29. The van der Waals surface area contributed by atoms with E-state index in [-0.39, 0.29) is 0 Å². The first-order valence-electron chi connectivity index (χ1n) is 5.44. The van der Waals surface area contributed by atoms with Crippen LogP contribution in [0.2, 0.25) is 0 Å². The molecule has 82 valence electrons. The molecular weight excluding hydrogens is 206 g/mol. The quantitative estimate of drug-likeness (QED) is 0.778. The van der Waals surface area contributed by atoms with Gasteiger partial charge in [-0.15, -0.1) is 0 Å². The number of piperidine rings is 1. The van der Waals surface area contributed by atoms with Crippen molar-refractivity contribution in [2.75, 3.05) is 13.1 Å². The number of hydrogen-bond donors (Lipinski definition) is 1. The number of nitrogens with one attached hydrogen (secondary N) is 1. The molecule has 2 rings (SSSR count). The van der Waals surface area contributed by atoms with Crippen LogP contribution < -0.4 is 5.32 Å². The molecule has 1 aromatic rings. The Labute approximate surface area is 95.1 Å². The molecule has 0 unspecified atom stereocenters. The molecule has 1 aliphatic rings. The molecule has 1 fully saturated rings. The third kappa shape index (κ3) is 3.18. The first-order chi connectivity index (χ1) is 7.24. The van der Waals surface area contributed by atoms with Crippen LogP contribution in [0.1, 0.15) is 24.2 Å².